The molecule has 13 heavy (non-hydrogen) atoms. The number of aromatic nitrogens is 1. The molecule has 0 atom stereocenters. The Balaban J connectivity index is 2.64. The average Bonchev–Trinajstić information content (AvgIpc) is 2.52. The van der Waals surface area contributed by atoms with E-state index in [2.05, 4.69) is 10.5 Å². The van der Waals surface area contributed by atoms with E-state index in [-0.39, 0.29) is 11.8 Å². The highest BCUT2D eigenvalue weighted by molar-refractivity contribution is 14.1. The second-order valence-corrected chi connectivity index (χ2v) is 3.71. The summed E-state index contributed by atoms with van der Waals surface area (Å²) in [6.07, 6.45) is 0. The lowest BCUT2D eigenvalue weighted by Crippen LogP contribution is -2.12. The van der Waals surface area contributed by atoms with E-state index in [4.69, 9.17) is 4.52 Å². The molecule has 1 heterocycles. The van der Waals surface area contributed by atoms with Gasteiger partial charge in [0.2, 0.25) is 5.91 Å². The molecular weight excluding hydrogens is 283 g/mol. The number of rotatable bonds is 3. The van der Waals surface area contributed by atoms with Crippen molar-refractivity contribution in [2.24, 2.45) is 0 Å². The fourth-order valence-electron chi connectivity index (χ4n) is 0.797. The molecule has 0 aliphatic rings. The van der Waals surface area contributed by atoms with E-state index in [9.17, 15) is 4.79 Å². The largest absolute Gasteiger partial charge is 0.359 e. The van der Waals surface area contributed by atoms with Gasteiger partial charge in [-0.15, -0.1) is 0 Å². The standard InChI is InChI=1S/C8H11IN2O2/c1-5(2)6-3-7(11-13-6)10-8(12)4-9/h3,5H,4H2,1-2H3,(H,10,11,12). The maximum atomic E-state index is 11.0. The second-order valence-electron chi connectivity index (χ2n) is 2.95. The van der Waals surface area contributed by atoms with Gasteiger partial charge in [0.25, 0.3) is 0 Å². The molecule has 1 aromatic heterocycles. The van der Waals surface area contributed by atoms with Gasteiger partial charge in [0.05, 0.1) is 4.43 Å². The molecular formula is C8H11IN2O2. The van der Waals surface area contributed by atoms with E-state index in [0.717, 1.165) is 5.76 Å². The van der Waals surface area contributed by atoms with Gasteiger partial charge in [-0.3, -0.25) is 4.79 Å². The van der Waals surface area contributed by atoms with Crippen molar-refractivity contribution in [1.82, 2.24) is 5.16 Å². The summed E-state index contributed by atoms with van der Waals surface area (Å²) in [5, 5.41) is 6.33. The lowest BCUT2D eigenvalue weighted by atomic mass is 10.2. The Morgan fingerprint density at radius 3 is 2.92 bits per heavy atom. The first-order chi connectivity index (χ1) is 6.13. The van der Waals surface area contributed by atoms with Gasteiger partial charge < -0.3 is 9.84 Å². The highest BCUT2D eigenvalue weighted by atomic mass is 127. The van der Waals surface area contributed by atoms with Crippen molar-refractivity contribution in [3.05, 3.63) is 11.8 Å². The highest BCUT2D eigenvalue weighted by Gasteiger charge is 2.08. The van der Waals surface area contributed by atoms with E-state index >= 15 is 0 Å². The number of anilines is 1. The van der Waals surface area contributed by atoms with Gasteiger partial charge in [-0.25, -0.2) is 0 Å². The number of amides is 1. The highest BCUT2D eigenvalue weighted by Crippen LogP contribution is 2.17. The molecule has 1 rings (SSSR count). The summed E-state index contributed by atoms with van der Waals surface area (Å²) in [4.78, 5) is 11.0. The molecule has 1 N–H and O–H groups in total. The number of nitrogens with zero attached hydrogens (tertiary/aromatic N) is 1. The Bertz CT molecular complexity index is 296. The number of alkyl halides is 1. The minimum absolute atomic E-state index is 0.0655. The van der Waals surface area contributed by atoms with Crippen LogP contribution in [0.5, 0.6) is 0 Å². The molecule has 4 nitrogen and oxygen atoms in total. The molecule has 0 bridgehead atoms. The molecule has 1 aromatic rings. The molecule has 0 saturated heterocycles. The van der Waals surface area contributed by atoms with E-state index in [1.54, 1.807) is 6.07 Å². The van der Waals surface area contributed by atoms with Crippen LogP contribution in [0.2, 0.25) is 0 Å². The number of hydrogen-bond acceptors (Lipinski definition) is 3. The molecule has 0 spiro atoms. The van der Waals surface area contributed by atoms with Gasteiger partial charge in [-0.05, 0) is 0 Å². The SMILES string of the molecule is CC(C)c1cc(NC(=O)CI)no1. The van der Waals surface area contributed by atoms with Crippen LogP contribution < -0.4 is 5.32 Å². The summed E-state index contributed by atoms with van der Waals surface area (Å²) in [6.45, 7) is 4.01. The third-order valence-electron chi connectivity index (χ3n) is 1.49. The fraction of sp³-hybridized carbons (Fsp3) is 0.500. The summed E-state index contributed by atoms with van der Waals surface area (Å²) >= 11 is 1.99. The molecule has 0 saturated carbocycles. The number of nitrogens with one attached hydrogen (secondary N) is 1. The zero-order chi connectivity index (χ0) is 9.84. The minimum atomic E-state index is -0.0655. The zero-order valence-corrected chi connectivity index (χ0v) is 9.66. The van der Waals surface area contributed by atoms with Crippen molar-refractivity contribution in [2.75, 3.05) is 9.74 Å². The van der Waals surface area contributed by atoms with Crippen LogP contribution >= 0.6 is 22.6 Å². The van der Waals surface area contributed by atoms with Crippen molar-refractivity contribution in [1.29, 1.82) is 0 Å². The summed E-state index contributed by atoms with van der Waals surface area (Å²) in [5.41, 5.74) is 0. The van der Waals surface area contributed by atoms with Gasteiger partial charge in [-0.1, -0.05) is 41.6 Å². The van der Waals surface area contributed by atoms with Crippen molar-refractivity contribution in [3.8, 4) is 0 Å². The van der Waals surface area contributed by atoms with Crippen LogP contribution in [0.3, 0.4) is 0 Å². The van der Waals surface area contributed by atoms with Crippen LogP contribution in [0, 0.1) is 0 Å². The Kier molecular flexibility index (Phi) is 3.71. The Morgan fingerprint density at radius 2 is 2.46 bits per heavy atom. The van der Waals surface area contributed by atoms with Crippen LogP contribution in [0.4, 0.5) is 5.82 Å². The maximum absolute atomic E-state index is 11.0. The maximum Gasteiger partial charge on any atom is 0.235 e. The Morgan fingerprint density at radius 1 is 1.77 bits per heavy atom. The van der Waals surface area contributed by atoms with Crippen molar-refractivity contribution in [3.63, 3.8) is 0 Å². The van der Waals surface area contributed by atoms with Gasteiger partial charge in [-0.2, -0.15) is 0 Å². The van der Waals surface area contributed by atoms with E-state index in [1.807, 2.05) is 36.4 Å². The Hall–Kier alpha value is -0.590. The number of halogens is 1. The number of carbonyl (C=O) groups excluding carboxylic acids is 1. The van der Waals surface area contributed by atoms with Crippen LogP contribution in [-0.4, -0.2) is 15.5 Å². The molecule has 0 fully saturated rings. The van der Waals surface area contributed by atoms with Crippen molar-refractivity contribution >= 4 is 34.3 Å². The Labute approximate surface area is 90.2 Å². The minimum Gasteiger partial charge on any atom is -0.359 e. The monoisotopic (exact) mass is 294 g/mol. The lowest BCUT2D eigenvalue weighted by molar-refractivity contribution is -0.113. The van der Waals surface area contributed by atoms with Crippen LogP contribution in [0.25, 0.3) is 0 Å². The molecule has 0 aromatic carbocycles. The van der Waals surface area contributed by atoms with Gasteiger partial charge in [0.1, 0.15) is 5.76 Å². The molecule has 0 aliphatic carbocycles. The molecule has 0 radical (unpaired) electrons. The first kappa shape index (κ1) is 10.5. The zero-order valence-electron chi connectivity index (χ0n) is 7.50. The van der Waals surface area contributed by atoms with Gasteiger partial charge in [0, 0.05) is 12.0 Å². The first-order valence-corrected chi connectivity index (χ1v) is 5.48. The predicted molar refractivity (Wildman–Crippen MR) is 58.1 cm³/mol. The molecule has 0 unspecified atom stereocenters. The smallest absolute Gasteiger partial charge is 0.235 e. The lowest BCUT2D eigenvalue weighted by Gasteiger charge is -1.95. The molecule has 1 amide bonds. The first-order valence-electron chi connectivity index (χ1n) is 3.96. The van der Waals surface area contributed by atoms with Crippen LogP contribution in [-0.2, 0) is 4.79 Å². The van der Waals surface area contributed by atoms with Gasteiger partial charge >= 0.3 is 0 Å². The van der Waals surface area contributed by atoms with Crippen LogP contribution in [0.1, 0.15) is 25.5 Å². The molecule has 5 heteroatoms. The summed E-state index contributed by atoms with van der Waals surface area (Å²) in [5.74, 6) is 1.50. The van der Waals surface area contributed by atoms with E-state index < -0.39 is 0 Å². The normalized spacial score (nSPS) is 10.5. The summed E-state index contributed by atoms with van der Waals surface area (Å²) in [6, 6.07) is 1.74. The summed E-state index contributed by atoms with van der Waals surface area (Å²) < 4.78 is 5.42. The third-order valence-corrected chi connectivity index (χ3v) is 2.18. The predicted octanol–water partition coefficient (Wildman–Crippen LogP) is 2.17. The number of carbonyl (C=O) groups is 1. The van der Waals surface area contributed by atoms with E-state index in [0.29, 0.717) is 10.2 Å². The average molecular weight is 294 g/mol. The van der Waals surface area contributed by atoms with Crippen molar-refractivity contribution in [2.45, 2.75) is 19.8 Å². The van der Waals surface area contributed by atoms with Gasteiger partial charge in [0.15, 0.2) is 5.82 Å². The quantitative estimate of drug-likeness (QED) is 0.686. The van der Waals surface area contributed by atoms with Crippen molar-refractivity contribution < 1.29 is 9.32 Å². The molecule has 72 valence electrons. The fourth-order valence-corrected chi connectivity index (χ4v) is 0.987. The topological polar surface area (TPSA) is 55.1 Å². The van der Waals surface area contributed by atoms with E-state index in [1.165, 1.54) is 0 Å². The molecule has 0 aliphatic heterocycles. The third kappa shape index (κ3) is 2.98. The number of hydrogen-bond donors (Lipinski definition) is 1. The van der Waals surface area contributed by atoms with Crippen LogP contribution in [0.15, 0.2) is 10.6 Å². The summed E-state index contributed by atoms with van der Waals surface area (Å²) in [7, 11) is 0. The second kappa shape index (κ2) is 4.59.